The Labute approximate surface area is 289 Å². The monoisotopic (exact) mass is 676 g/mol. The number of aryl methyl sites for hydroxylation is 2. The molecule has 2 atom stereocenters. The van der Waals surface area contributed by atoms with E-state index in [2.05, 4.69) is 27.4 Å². The van der Waals surface area contributed by atoms with Crippen LogP contribution in [-0.4, -0.2) is 26.2 Å². The van der Waals surface area contributed by atoms with Crippen LogP contribution in [0.4, 0.5) is 0 Å². The van der Waals surface area contributed by atoms with E-state index in [1.54, 1.807) is 43.4 Å². The first kappa shape index (κ1) is 33.0. The van der Waals surface area contributed by atoms with E-state index in [9.17, 15) is 10.1 Å². The number of pyridine rings is 2. The Kier molecular flexibility index (Phi) is 9.38. The van der Waals surface area contributed by atoms with E-state index in [0.717, 1.165) is 44.6 Å². The summed E-state index contributed by atoms with van der Waals surface area (Å²) in [7, 11) is 5.35. The fourth-order valence-corrected chi connectivity index (χ4v) is 6.80. The molecule has 10 heteroatoms. The van der Waals surface area contributed by atoms with Gasteiger partial charge in [0.15, 0.2) is 0 Å². The van der Waals surface area contributed by atoms with Crippen LogP contribution in [-0.2, 0) is 26.2 Å². The molecule has 0 spiro atoms. The lowest BCUT2D eigenvalue weighted by Crippen LogP contribution is -2.45. The predicted octanol–water partition coefficient (Wildman–Crippen LogP) is 7.75. The van der Waals surface area contributed by atoms with Gasteiger partial charge in [0.25, 0.3) is 5.56 Å². The lowest BCUT2D eigenvalue weighted by molar-refractivity contribution is 0.414. The van der Waals surface area contributed by atoms with Gasteiger partial charge in [0, 0.05) is 53.9 Å². The molecule has 3 aromatic heterocycles. The Balaban J connectivity index is 1.71. The molecular formula is C38H34Cl2N6O2. The van der Waals surface area contributed by atoms with Crippen LogP contribution in [0.2, 0.25) is 10.2 Å². The zero-order valence-corrected chi connectivity index (χ0v) is 28.5. The Morgan fingerprint density at radius 1 is 1.00 bits per heavy atom. The summed E-state index contributed by atoms with van der Waals surface area (Å²) in [5, 5.41) is 15.8. The highest BCUT2D eigenvalue weighted by molar-refractivity contribution is 6.31. The molecule has 0 radical (unpaired) electrons. The average molecular weight is 678 g/mol. The van der Waals surface area contributed by atoms with Gasteiger partial charge in [-0.1, -0.05) is 66.5 Å². The van der Waals surface area contributed by atoms with Crippen molar-refractivity contribution in [2.45, 2.75) is 31.3 Å². The molecule has 48 heavy (non-hydrogen) atoms. The predicted molar refractivity (Wildman–Crippen MR) is 190 cm³/mol. The van der Waals surface area contributed by atoms with Crippen LogP contribution < -0.4 is 15.6 Å². The van der Waals surface area contributed by atoms with Gasteiger partial charge in [-0.2, -0.15) is 5.26 Å². The van der Waals surface area contributed by atoms with Crippen molar-refractivity contribution in [2.75, 3.05) is 7.11 Å². The number of aromatic nitrogens is 4. The van der Waals surface area contributed by atoms with Crippen LogP contribution in [0.25, 0.3) is 22.0 Å². The van der Waals surface area contributed by atoms with Gasteiger partial charge in [0.05, 0.1) is 42.8 Å². The highest BCUT2D eigenvalue weighted by Crippen LogP contribution is 2.42. The Morgan fingerprint density at radius 2 is 1.77 bits per heavy atom. The SMILES string of the molecule is CCC(C#N)c1c(-c2cccc(Cl)c2)c2cc(C(NCc3ccc(OC)cc3)(c3ccc(Cl)nc3)c3cncn3C)ccc2n(C)c1=O. The van der Waals surface area contributed by atoms with E-state index in [0.29, 0.717) is 34.3 Å². The third-order valence-electron chi connectivity index (χ3n) is 8.97. The van der Waals surface area contributed by atoms with Crippen molar-refractivity contribution in [1.29, 1.82) is 5.26 Å². The highest BCUT2D eigenvalue weighted by Gasteiger charge is 2.39. The first-order valence-electron chi connectivity index (χ1n) is 15.5. The quantitative estimate of drug-likeness (QED) is 0.149. The minimum Gasteiger partial charge on any atom is -0.497 e. The molecule has 0 bridgehead atoms. The van der Waals surface area contributed by atoms with Crippen molar-refractivity contribution in [2.24, 2.45) is 14.1 Å². The van der Waals surface area contributed by atoms with Crippen molar-refractivity contribution in [3.63, 3.8) is 0 Å². The lowest BCUT2D eigenvalue weighted by Gasteiger charge is -2.37. The summed E-state index contributed by atoms with van der Waals surface area (Å²) >= 11 is 12.8. The molecular weight excluding hydrogens is 643 g/mol. The molecule has 0 saturated carbocycles. The topological polar surface area (TPSA) is 97.8 Å². The summed E-state index contributed by atoms with van der Waals surface area (Å²) in [5.74, 6) is 0.145. The smallest absolute Gasteiger partial charge is 0.255 e. The van der Waals surface area contributed by atoms with E-state index in [4.69, 9.17) is 27.9 Å². The zero-order valence-electron chi connectivity index (χ0n) is 27.0. The first-order valence-corrected chi connectivity index (χ1v) is 16.3. The van der Waals surface area contributed by atoms with Gasteiger partial charge in [0.1, 0.15) is 16.4 Å². The summed E-state index contributed by atoms with van der Waals surface area (Å²) < 4.78 is 9.00. The van der Waals surface area contributed by atoms with Crippen molar-refractivity contribution in [1.82, 2.24) is 24.4 Å². The van der Waals surface area contributed by atoms with Gasteiger partial charge in [-0.05, 0) is 65.6 Å². The number of ether oxygens (including phenoxy) is 1. The zero-order chi connectivity index (χ0) is 34.0. The van der Waals surface area contributed by atoms with Crippen LogP contribution in [0.1, 0.15) is 47.2 Å². The van der Waals surface area contributed by atoms with Crippen LogP contribution in [0, 0.1) is 11.3 Å². The molecule has 0 aliphatic heterocycles. The van der Waals surface area contributed by atoms with Gasteiger partial charge >= 0.3 is 0 Å². The molecule has 3 aromatic carbocycles. The molecule has 6 rings (SSSR count). The van der Waals surface area contributed by atoms with Crippen LogP contribution >= 0.6 is 23.2 Å². The van der Waals surface area contributed by atoms with Crippen LogP contribution in [0.3, 0.4) is 0 Å². The Bertz CT molecular complexity index is 2200. The number of hydrogen-bond donors (Lipinski definition) is 1. The molecule has 3 heterocycles. The van der Waals surface area contributed by atoms with E-state index in [1.807, 2.05) is 85.4 Å². The highest BCUT2D eigenvalue weighted by atomic mass is 35.5. The van der Waals surface area contributed by atoms with E-state index in [-0.39, 0.29) is 5.56 Å². The van der Waals surface area contributed by atoms with Gasteiger partial charge in [-0.25, -0.2) is 9.97 Å². The van der Waals surface area contributed by atoms with Gasteiger partial charge < -0.3 is 13.9 Å². The molecule has 242 valence electrons. The van der Waals surface area contributed by atoms with Crippen molar-refractivity contribution in [3.8, 4) is 22.9 Å². The number of imidazole rings is 1. The minimum atomic E-state index is -0.989. The Morgan fingerprint density at radius 3 is 2.40 bits per heavy atom. The number of nitriles is 1. The second-order valence-corrected chi connectivity index (χ2v) is 12.5. The molecule has 0 amide bonds. The third-order valence-corrected chi connectivity index (χ3v) is 9.43. The largest absolute Gasteiger partial charge is 0.497 e. The number of methoxy groups -OCH3 is 1. The molecule has 6 aromatic rings. The number of halogens is 2. The number of benzene rings is 3. The second-order valence-electron chi connectivity index (χ2n) is 11.7. The number of hydrogen-bond acceptors (Lipinski definition) is 6. The maximum Gasteiger partial charge on any atom is 0.255 e. The molecule has 8 nitrogen and oxygen atoms in total. The summed E-state index contributed by atoms with van der Waals surface area (Å²) in [4.78, 5) is 23.0. The average Bonchev–Trinajstić information content (AvgIpc) is 3.54. The molecule has 2 unspecified atom stereocenters. The molecule has 0 aliphatic rings. The molecule has 1 N–H and O–H groups in total. The van der Waals surface area contributed by atoms with E-state index < -0.39 is 11.5 Å². The van der Waals surface area contributed by atoms with Crippen molar-refractivity contribution >= 4 is 34.1 Å². The lowest BCUT2D eigenvalue weighted by atomic mass is 9.79. The number of rotatable bonds is 10. The van der Waals surface area contributed by atoms with Crippen LogP contribution in [0.5, 0.6) is 5.75 Å². The first-order chi connectivity index (χ1) is 23.2. The maximum atomic E-state index is 14.0. The minimum absolute atomic E-state index is 0.212. The normalized spacial score (nSPS) is 13.2. The summed E-state index contributed by atoms with van der Waals surface area (Å²) in [6, 6.07) is 27.5. The third kappa shape index (κ3) is 5.86. The number of nitrogens with one attached hydrogen (secondary N) is 1. The molecule has 0 saturated heterocycles. The number of fused-ring (bicyclic) bond motifs is 1. The fourth-order valence-electron chi connectivity index (χ4n) is 6.49. The summed E-state index contributed by atoms with van der Waals surface area (Å²) in [5.41, 5.74) is 5.01. The fraction of sp³-hybridized carbons (Fsp3) is 0.211. The van der Waals surface area contributed by atoms with Gasteiger partial charge in [0.2, 0.25) is 0 Å². The second kappa shape index (κ2) is 13.7. The van der Waals surface area contributed by atoms with Gasteiger partial charge in [-0.3, -0.25) is 10.1 Å². The summed E-state index contributed by atoms with van der Waals surface area (Å²) in [6.45, 7) is 2.39. The molecule has 0 fully saturated rings. The van der Waals surface area contributed by atoms with E-state index >= 15 is 0 Å². The molecule has 0 aliphatic carbocycles. The maximum absolute atomic E-state index is 14.0. The Hall–Kier alpha value is -4.94. The van der Waals surface area contributed by atoms with Crippen LogP contribution in [0.15, 0.2) is 102 Å². The van der Waals surface area contributed by atoms with Crippen molar-refractivity contribution in [3.05, 3.63) is 146 Å². The van der Waals surface area contributed by atoms with Crippen molar-refractivity contribution < 1.29 is 4.74 Å². The summed E-state index contributed by atoms with van der Waals surface area (Å²) in [6.07, 6.45) is 5.85. The number of nitrogens with zero attached hydrogens (tertiary/aromatic N) is 5. The van der Waals surface area contributed by atoms with Gasteiger partial charge in [-0.15, -0.1) is 0 Å². The standard InChI is InChI=1S/C38H34Cl2N6O2/c1-5-25(19-41)36-35(26-7-6-8-29(39)17-26)31-18-27(11-15-32(31)46(3)37(36)47)38(33-22-42-23-45(33)2,28-12-16-34(40)43-21-28)44-20-24-9-13-30(48-4)14-10-24/h6-18,21-23,25,44H,5,20H2,1-4H3. The van der Waals surface area contributed by atoms with E-state index in [1.165, 1.54) is 0 Å².